The minimum absolute atomic E-state index is 0.0179. The van der Waals surface area contributed by atoms with E-state index in [9.17, 15) is 19.5 Å². The van der Waals surface area contributed by atoms with Gasteiger partial charge in [0.15, 0.2) is 35.4 Å². The maximum atomic E-state index is 12.1. The SMILES string of the molecule is CC(=O)O[C@@H]1[C@H](OC(C)=O)[C@@H](C(C)C(=O)O)O[C@H]1n1cnc2c(N3CCCCC3c3ccccc3)nc(Cl)nc21. The number of ether oxygens (including phenoxy) is 3. The molecule has 40 heavy (non-hydrogen) atoms. The van der Waals surface area contributed by atoms with Crippen molar-refractivity contribution in [3.8, 4) is 0 Å². The van der Waals surface area contributed by atoms with Gasteiger partial charge in [-0.25, -0.2) is 4.98 Å². The monoisotopic (exact) mass is 571 g/mol. The highest BCUT2D eigenvalue weighted by Gasteiger charge is 2.53. The van der Waals surface area contributed by atoms with Crippen molar-refractivity contribution < 1.29 is 33.7 Å². The van der Waals surface area contributed by atoms with Crippen LogP contribution >= 0.6 is 11.6 Å². The smallest absolute Gasteiger partial charge is 0.309 e. The maximum Gasteiger partial charge on any atom is 0.309 e. The van der Waals surface area contributed by atoms with Gasteiger partial charge in [-0.15, -0.1) is 0 Å². The predicted molar refractivity (Wildman–Crippen MR) is 143 cm³/mol. The van der Waals surface area contributed by atoms with Crippen molar-refractivity contribution in [3.05, 3.63) is 47.5 Å². The number of halogens is 1. The third-order valence-corrected chi connectivity index (χ3v) is 7.49. The molecule has 2 fully saturated rings. The number of esters is 2. The molecule has 3 aromatic rings. The number of fused-ring (bicyclic) bond motifs is 1. The molecule has 0 saturated carbocycles. The normalized spacial score (nSPS) is 25.5. The largest absolute Gasteiger partial charge is 0.481 e. The predicted octanol–water partition coefficient (Wildman–Crippen LogP) is 3.69. The number of carboxylic acids is 1. The van der Waals surface area contributed by atoms with E-state index < -0.39 is 48.4 Å². The van der Waals surface area contributed by atoms with E-state index >= 15 is 0 Å². The van der Waals surface area contributed by atoms with Gasteiger partial charge in [0.25, 0.3) is 0 Å². The van der Waals surface area contributed by atoms with Crippen molar-refractivity contribution in [2.45, 2.75) is 70.6 Å². The first-order chi connectivity index (χ1) is 19.2. The van der Waals surface area contributed by atoms with Crippen molar-refractivity contribution in [2.24, 2.45) is 5.92 Å². The molecule has 0 amide bonds. The third-order valence-electron chi connectivity index (χ3n) is 7.32. The Labute approximate surface area is 235 Å². The molecule has 1 N–H and O–H groups in total. The van der Waals surface area contributed by atoms with Gasteiger partial charge in [-0.3, -0.25) is 19.0 Å². The second kappa shape index (κ2) is 11.4. The first-order valence-corrected chi connectivity index (χ1v) is 13.5. The summed E-state index contributed by atoms with van der Waals surface area (Å²) in [5.41, 5.74) is 1.91. The summed E-state index contributed by atoms with van der Waals surface area (Å²) in [5, 5.41) is 9.68. The van der Waals surface area contributed by atoms with Crippen LogP contribution in [0.4, 0.5) is 5.82 Å². The number of hydrogen-bond donors (Lipinski definition) is 1. The first kappa shape index (κ1) is 27.8. The van der Waals surface area contributed by atoms with E-state index in [4.69, 9.17) is 25.8 Å². The number of anilines is 1. The van der Waals surface area contributed by atoms with Gasteiger partial charge in [0.05, 0.1) is 18.3 Å². The van der Waals surface area contributed by atoms with Crippen molar-refractivity contribution in [1.29, 1.82) is 0 Å². The Balaban J connectivity index is 1.60. The summed E-state index contributed by atoms with van der Waals surface area (Å²) in [6, 6.07) is 10.2. The molecule has 2 unspecified atom stereocenters. The summed E-state index contributed by atoms with van der Waals surface area (Å²) in [7, 11) is 0. The van der Waals surface area contributed by atoms with E-state index in [1.165, 1.54) is 31.7 Å². The Kier molecular flexibility index (Phi) is 7.90. The van der Waals surface area contributed by atoms with Crippen LogP contribution in [0.25, 0.3) is 11.2 Å². The Hall–Kier alpha value is -3.77. The van der Waals surface area contributed by atoms with E-state index in [-0.39, 0.29) is 11.3 Å². The summed E-state index contributed by atoms with van der Waals surface area (Å²) in [4.78, 5) is 51.7. The molecule has 6 atom stereocenters. The van der Waals surface area contributed by atoms with Gasteiger partial charge in [-0.05, 0) is 43.4 Å². The van der Waals surface area contributed by atoms with Gasteiger partial charge < -0.3 is 24.2 Å². The number of rotatable bonds is 7. The van der Waals surface area contributed by atoms with Crippen LogP contribution < -0.4 is 4.90 Å². The fourth-order valence-corrected chi connectivity index (χ4v) is 5.70. The van der Waals surface area contributed by atoms with Crippen LogP contribution in [0, 0.1) is 5.92 Å². The fraction of sp³-hybridized carbons (Fsp3) is 0.481. The Morgan fingerprint density at radius 2 is 1.77 bits per heavy atom. The van der Waals surface area contributed by atoms with Crippen LogP contribution in [0.5, 0.6) is 0 Å². The van der Waals surface area contributed by atoms with Crippen molar-refractivity contribution in [1.82, 2.24) is 19.5 Å². The number of aromatic nitrogens is 4. The van der Waals surface area contributed by atoms with Crippen LogP contribution in [-0.2, 0) is 28.6 Å². The van der Waals surface area contributed by atoms with Gasteiger partial charge in [0, 0.05) is 20.4 Å². The second-order valence-corrected chi connectivity index (χ2v) is 10.4. The van der Waals surface area contributed by atoms with Crippen LogP contribution in [-0.4, -0.2) is 67.4 Å². The van der Waals surface area contributed by atoms with Gasteiger partial charge in [0.1, 0.15) is 6.10 Å². The van der Waals surface area contributed by atoms with Gasteiger partial charge in [-0.1, -0.05) is 30.3 Å². The molecule has 5 rings (SSSR count). The van der Waals surface area contributed by atoms with E-state index in [1.807, 2.05) is 18.2 Å². The highest BCUT2D eigenvalue weighted by atomic mass is 35.5. The molecular formula is C27H30ClN5O7. The molecule has 212 valence electrons. The minimum atomic E-state index is -1.18. The van der Waals surface area contributed by atoms with Crippen LogP contribution in [0.2, 0.25) is 5.28 Å². The Morgan fingerprint density at radius 1 is 1.07 bits per heavy atom. The topological polar surface area (TPSA) is 146 Å². The first-order valence-electron chi connectivity index (χ1n) is 13.1. The second-order valence-electron chi connectivity index (χ2n) is 10.0. The highest BCUT2D eigenvalue weighted by molar-refractivity contribution is 6.28. The zero-order valence-corrected chi connectivity index (χ0v) is 23.0. The van der Waals surface area contributed by atoms with E-state index in [2.05, 4.69) is 32.0 Å². The Morgan fingerprint density at radius 3 is 2.45 bits per heavy atom. The molecule has 2 aromatic heterocycles. The van der Waals surface area contributed by atoms with Crippen molar-refractivity contribution in [2.75, 3.05) is 11.4 Å². The van der Waals surface area contributed by atoms with Crippen LogP contribution in [0.3, 0.4) is 0 Å². The van der Waals surface area contributed by atoms with Gasteiger partial charge in [0.2, 0.25) is 5.28 Å². The molecule has 0 aliphatic carbocycles. The number of carbonyl (C=O) groups excluding carboxylic acids is 2. The number of imidazole rings is 1. The molecule has 0 bridgehead atoms. The molecular weight excluding hydrogens is 542 g/mol. The molecule has 1 aromatic carbocycles. The van der Waals surface area contributed by atoms with Crippen molar-refractivity contribution in [3.63, 3.8) is 0 Å². The van der Waals surface area contributed by atoms with E-state index in [1.54, 1.807) is 0 Å². The molecule has 2 saturated heterocycles. The number of benzene rings is 1. The zero-order chi connectivity index (χ0) is 28.6. The number of aliphatic carboxylic acids is 1. The lowest BCUT2D eigenvalue weighted by atomic mass is 9.95. The highest BCUT2D eigenvalue weighted by Crippen LogP contribution is 2.41. The van der Waals surface area contributed by atoms with E-state index in [0.29, 0.717) is 17.0 Å². The average Bonchev–Trinajstić information content (AvgIpc) is 3.49. The summed E-state index contributed by atoms with van der Waals surface area (Å²) in [5.74, 6) is -3.03. The summed E-state index contributed by atoms with van der Waals surface area (Å²) < 4.78 is 18.7. The molecule has 12 nitrogen and oxygen atoms in total. The zero-order valence-electron chi connectivity index (χ0n) is 22.3. The van der Waals surface area contributed by atoms with Crippen molar-refractivity contribution >= 4 is 46.5 Å². The molecule has 13 heteroatoms. The van der Waals surface area contributed by atoms with Gasteiger partial charge in [-0.2, -0.15) is 9.97 Å². The van der Waals surface area contributed by atoms with E-state index in [0.717, 1.165) is 31.4 Å². The van der Waals surface area contributed by atoms with Gasteiger partial charge >= 0.3 is 17.9 Å². The standard InChI is InChI=1S/C27H30ClN5O7/c1-14(26(36)37)20-21(38-15(2)34)22(39-16(3)35)25(40-20)33-13-29-19-23(30-27(28)31-24(19)33)32-12-8-7-11-18(32)17-9-5-4-6-10-17/h4-6,9-10,13-14,18,20-22,25H,7-8,11-12H2,1-3H3,(H,36,37)/t14?,18?,20-,21-,22-,25-/m1/s1. The van der Waals surface area contributed by atoms with Crippen LogP contribution in [0.15, 0.2) is 36.7 Å². The van der Waals surface area contributed by atoms with Crippen LogP contribution in [0.1, 0.15) is 57.9 Å². The lowest BCUT2D eigenvalue weighted by Crippen LogP contribution is -2.42. The average molecular weight is 572 g/mol. The maximum absolute atomic E-state index is 12.1. The number of carbonyl (C=O) groups is 3. The summed E-state index contributed by atoms with van der Waals surface area (Å²) >= 11 is 6.45. The quantitative estimate of drug-likeness (QED) is 0.327. The number of hydrogen-bond acceptors (Lipinski definition) is 10. The fourth-order valence-electron chi connectivity index (χ4n) is 5.54. The molecule has 2 aliphatic rings. The minimum Gasteiger partial charge on any atom is -0.481 e. The summed E-state index contributed by atoms with van der Waals surface area (Å²) in [6.45, 7) is 4.56. The number of piperidine rings is 1. The molecule has 4 heterocycles. The lowest BCUT2D eigenvalue weighted by Gasteiger charge is -2.37. The Bertz CT molecular complexity index is 1420. The number of carboxylic acid groups (broad SMARTS) is 1. The molecule has 2 aliphatic heterocycles. The molecule has 0 spiro atoms. The lowest BCUT2D eigenvalue weighted by molar-refractivity contribution is -0.166. The molecule has 0 radical (unpaired) electrons. The summed E-state index contributed by atoms with van der Waals surface area (Å²) in [6.07, 6.45) is -0.164. The third kappa shape index (κ3) is 5.33. The number of nitrogens with zero attached hydrogens (tertiary/aromatic N) is 5.